The van der Waals surface area contributed by atoms with Gasteiger partial charge in [-0.05, 0) is 30.7 Å². The Morgan fingerprint density at radius 3 is 2.71 bits per heavy atom. The second-order valence-electron chi connectivity index (χ2n) is 5.70. The molecule has 1 aliphatic carbocycles. The van der Waals surface area contributed by atoms with E-state index in [1.54, 1.807) is 0 Å². The molecule has 1 aromatic carbocycles. The Hall–Kier alpha value is -1.39. The van der Waals surface area contributed by atoms with E-state index >= 15 is 0 Å². The number of carbonyl (C=O) groups is 1. The third-order valence-corrected chi connectivity index (χ3v) is 4.06. The summed E-state index contributed by atoms with van der Waals surface area (Å²) in [6.07, 6.45) is 4.92. The van der Waals surface area contributed by atoms with Crippen molar-refractivity contribution >= 4 is 5.91 Å². The van der Waals surface area contributed by atoms with Crippen LogP contribution in [0.15, 0.2) is 30.3 Å². The molecule has 0 radical (unpaired) electrons. The minimum atomic E-state index is -0.416. The lowest BCUT2D eigenvalue weighted by atomic mass is 10.0. The summed E-state index contributed by atoms with van der Waals surface area (Å²) < 4.78 is 5.36. The van der Waals surface area contributed by atoms with E-state index in [2.05, 4.69) is 5.32 Å². The molecule has 0 aromatic heterocycles. The molecule has 1 aliphatic rings. The largest absolute Gasteiger partial charge is 0.391 e. The van der Waals surface area contributed by atoms with Crippen LogP contribution in [0.3, 0.4) is 0 Å². The van der Waals surface area contributed by atoms with Gasteiger partial charge < -0.3 is 15.2 Å². The molecular weight excluding hydrogens is 266 g/mol. The normalized spacial score (nSPS) is 16.8. The molecule has 2 rings (SSSR count). The van der Waals surface area contributed by atoms with Gasteiger partial charge in [-0.15, -0.1) is 0 Å². The number of hydrogen-bond acceptors (Lipinski definition) is 3. The van der Waals surface area contributed by atoms with Crippen molar-refractivity contribution < 1.29 is 14.6 Å². The van der Waals surface area contributed by atoms with Crippen molar-refractivity contribution in [3.05, 3.63) is 35.9 Å². The number of hydrogen-bond donors (Lipinski definition) is 2. The van der Waals surface area contributed by atoms with Crippen LogP contribution in [0.2, 0.25) is 0 Å². The minimum Gasteiger partial charge on any atom is -0.391 e. The highest BCUT2D eigenvalue weighted by atomic mass is 16.5. The molecule has 0 heterocycles. The van der Waals surface area contributed by atoms with E-state index in [9.17, 15) is 9.90 Å². The SMILES string of the molecule is O=C(COCCc1ccccc1)NCC(O)C1CCCC1. The average Bonchev–Trinajstić information content (AvgIpc) is 3.05. The Morgan fingerprint density at radius 2 is 2.00 bits per heavy atom. The smallest absolute Gasteiger partial charge is 0.246 e. The van der Waals surface area contributed by atoms with Crippen LogP contribution in [0.5, 0.6) is 0 Å². The van der Waals surface area contributed by atoms with Crippen molar-refractivity contribution in [2.75, 3.05) is 19.8 Å². The minimum absolute atomic E-state index is 0.0597. The van der Waals surface area contributed by atoms with Gasteiger partial charge in [-0.3, -0.25) is 4.79 Å². The molecular formula is C17H25NO3. The Morgan fingerprint density at radius 1 is 1.29 bits per heavy atom. The van der Waals surface area contributed by atoms with Crippen LogP contribution in [0, 0.1) is 5.92 Å². The zero-order valence-corrected chi connectivity index (χ0v) is 12.5. The zero-order chi connectivity index (χ0) is 14.9. The van der Waals surface area contributed by atoms with E-state index in [1.807, 2.05) is 30.3 Å². The predicted octanol–water partition coefficient (Wildman–Crippen LogP) is 1.91. The third-order valence-electron chi connectivity index (χ3n) is 4.06. The lowest BCUT2D eigenvalue weighted by molar-refractivity contribution is -0.126. The van der Waals surface area contributed by atoms with Gasteiger partial charge in [0.05, 0.1) is 12.7 Å². The summed E-state index contributed by atoms with van der Waals surface area (Å²) in [6, 6.07) is 10.1. The molecule has 4 nitrogen and oxygen atoms in total. The van der Waals surface area contributed by atoms with E-state index in [0.717, 1.165) is 19.3 Å². The molecule has 0 aliphatic heterocycles. The van der Waals surface area contributed by atoms with Gasteiger partial charge in [-0.2, -0.15) is 0 Å². The standard InChI is InChI=1S/C17H25NO3/c19-16(15-8-4-5-9-15)12-18-17(20)13-21-11-10-14-6-2-1-3-7-14/h1-3,6-7,15-16,19H,4-5,8-13H2,(H,18,20). The number of aliphatic hydroxyl groups is 1. The summed E-state index contributed by atoms with van der Waals surface area (Å²) in [5.74, 6) is 0.199. The quantitative estimate of drug-likeness (QED) is 0.719. The molecule has 1 aromatic rings. The molecule has 1 fully saturated rings. The maximum Gasteiger partial charge on any atom is 0.246 e. The number of ether oxygens (including phenoxy) is 1. The highest BCUT2D eigenvalue weighted by Crippen LogP contribution is 2.27. The fourth-order valence-electron chi connectivity index (χ4n) is 2.78. The molecule has 0 bridgehead atoms. The molecule has 0 spiro atoms. The van der Waals surface area contributed by atoms with E-state index < -0.39 is 6.10 Å². The maximum absolute atomic E-state index is 11.6. The monoisotopic (exact) mass is 291 g/mol. The highest BCUT2D eigenvalue weighted by Gasteiger charge is 2.23. The summed E-state index contributed by atoms with van der Waals surface area (Å²) in [7, 11) is 0. The molecule has 116 valence electrons. The van der Waals surface area contributed by atoms with Crippen molar-refractivity contribution in [3.63, 3.8) is 0 Å². The predicted molar refractivity (Wildman–Crippen MR) is 81.9 cm³/mol. The Bertz CT molecular complexity index is 415. The molecule has 2 N–H and O–H groups in total. The lowest BCUT2D eigenvalue weighted by Crippen LogP contribution is -2.37. The fraction of sp³-hybridized carbons (Fsp3) is 0.588. The van der Waals surface area contributed by atoms with E-state index in [0.29, 0.717) is 19.1 Å². The summed E-state index contributed by atoms with van der Waals surface area (Å²) >= 11 is 0. The van der Waals surface area contributed by atoms with Gasteiger partial charge in [-0.1, -0.05) is 43.2 Å². The first-order chi connectivity index (χ1) is 10.3. The number of amides is 1. The van der Waals surface area contributed by atoms with Gasteiger partial charge in [-0.25, -0.2) is 0 Å². The van der Waals surface area contributed by atoms with Crippen LogP contribution in [-0.4, -0.2) is 36.9 Å². The van der Waals surface area contributed by atoms with E-state index in [-0.39, 0.29) is 12.5 Å². The van der Waals surface area contributed by atoms with E-state index in [4.69, 9.17) is 4.74 Å². The summed E-state index contributed by atoms with van der Waals surface area (Å²) in [4.78, 5) is 11.6. The van der Waals surface area contributed by atoms with Crippen LogP contribution in [-0.2, 0) is 16.0 Å². The van der Waals surface area contributed by atoms with Crippen LogP contribution >= 0.6 is 0 Å². The molecule has 0 saturated heterocycles. The summed E-state index contributed by atoms with van der Waals surface area (Å²) in [6.45, 7) is 0.929. The third kappa shape index (κ3) is 5.86. The Kier molecular flexibility index (Phi) is 6.70. The molecule has 21 heavy (non-hydrogen) atoms. The maximum atomic E-state index is 11.6. The zero-order valence-electron chi connectivity index (χ0n) is 12.5. The average molecular weight is 291 g/mol. The Labute approximate surface area is 126 Å². The summed E-state index contributed by atoms with van der Waals surface area (Å²) in [5, 5.41) is 12.7. The van der Waals surface area contributed by atoms with Crippen LogP contribution in [0.4, 0.5) is 0 Å². The first kappa shape index (κ1) is 16.0. The van der Waals surface area contributed by atoms with Gasteiger partial charge in [0.2, 0.25) is 5.91 Å². The number of benzene rings is 1. The molecule has 1 unspecified atom stereocenters. The number of nitrogens with one attached hydrogen (secondary N) is 1. The number of carbonyl (C=O) groups excluding carboxylic acids is 1. The topological polar surface area (TPSA) is 58.6 Å². The van der Waals surface area contributed by atoms with Crippen molar-refractivity contribution in [2.45, 2.75) is 38.2 Å². The Balaban J connectivity index is 1.53. The van der Waals surface area contributed by atoms with Crippen molar-refractivity contribution in [3.8, 4) is 0 Å². The van der Waals surface area contributed by atoms with Gasteiger partial charge in [0, 0.05) is 6.54 Å². The van der Waals surface area contributed by atoms with Gasteiger partial charge in [0.1, 0.15) is 6.61 Å². The molecule has 4 heteroatoms. The second-order valence-corrected chi connectivity index (χ2v) is 5.70. The van der Waals surface area contributed by atoms with Crippen molar-refractivity contribution in [1.29, 1.82) is 0 Å². The highest BCUT2D eigenvalue weighted by molar-refractivity contribution is 5.77. The first-order valence-electron chi connectivity index (χ1n) is 7.82. The summed E-state index contributed by atoms with van der Waals surface area (Å²) in [5.41, 5.74) is 1.20. The number of rotatable bonds is 8. The van der Waals surface area contributed by atoms with Crippen molar-refractivity contribution in [1.82, 2.24) is 5.32 Å². The van der Waals surface area contributed by atoms with Gasteiger partial charge in [0.15, 0.2) is 0 Å². The van der Waals surface area contributed by atoms with E-state index in [1.165, 1.54) is 18.4 Å². The first-order valence-corrected chi connectivity index (χ1v) is 7.82. The van der Waals surface area contributed by atoms with Crippen LogP contribution in [0.1, 0.15) is 31.2 Å². The van der Waals surface area contributed by atoms with Crippen LogP contribution < -0.4 is 5.32 Å². The van der Waals surface area contributed by atoms with Gasteiger partial charge >= 0.3 is 0 Å². The van der Waals surface area contributed by atoms with Gasteiger partial charge in [0.25, 0.3) is 0 Å². The lowest BCUT2D eigenvalue weighted by Gasteiger charge is -2.18. The van der Waals surface area contributed by atoms with Crippen molar-refractivity contribution in [2.24, 2.45) is 5.92 Å². The second kappa shape index (κ2) is 8.80. The van der Waals surface area contributed by atoms with Crippen LogP contribution in [0.25, 0.3) is 0 Å². The molecule has 1 atom stereocenters. The molecule has 1 amide bonds. The fourth-order valence-corrected chi connectivity index (χ4v) is 2.78. The molecule has 1 saturated carbocycles. The number of aliphatic hydroxyl groups excluding tert-OH is 1.